The molecule has 2 aromatic heterocycles. The first-order valence-electron chi connectivity index (χ1n) is 14.4. The maximum absolute atomic E-state index is 13.2. The molecule has 42 heavy (non-hydrogen) atoms. The Kier molecular flexibility index (Phi) is 14.6. The molecule has 2 atom stereocenters. The van der Waals surface area contributed by atoms with Crippen LogP contribution in [0.3, 0.4) is 0 Å². The van der Waals surface area contributed by atoms with Crippen molar-refractivity contribution in [2.45, 2.75) is 77.4 Å². The van der Waals surface area contributed by atoms with Gasteiger partial charge in [0, 0.05) is 30.9 Å². The Bertz CT molecular complexity index is 1160. The fraction of sp³-hybridized carbons (Fsp3) is 0.630. The van der Waals surface area contributed by atoms with E-state index in [1.807, 2.05) is 32.8 Å². The molecule has 15 heteroatoms. The number of carbonyl (C=O) groups excluding carboxylic acids is 4. The van der Waals surface area contributed by atoms with Crippen LogP contribution in [0.4, 0.5) is 0 Å². The van der Waals surface area contributed by atoms with Gasteiger partial charge in [-0.05, 0) is 58.7 Å². The standard InChI is InChI=1S/C27H44BN9O5/c1-18(2)24(26(41)32-20(10-7-9-12-36(3)4)25(40)29-16-22(28)38)33-23(39)11-6-5-8-13-37-17-21(34-35-37)19-14-30-27(42)31-15-19/h14-15,17-18,20,24H,5-13,16,28H2,1-4H3,(H,29,40)(H,32,41)(H,33,39)(H,30,31,42)/t20-,24-/m0/s1. The number of aromatic hydroxyl groups is 1. The molecule has 0 spiro atoms. The summed E-state index contributed by atoms with van der Waals surface area (Å²) in [5.41, 5.74) is 1.06. The summed E-state index contributed by atoms with van der Waals surface area (Å²) >= 11 is 0. The van der Waals surface area contributed by atoms with Gasteiger partial charge in [0.05, 0.1) is 12.7 Å². The van der Waals surface area contributed by atoms with E-state index < -0.39 is 23.9 Å². The van der Waals surface area contributed by atoms with Crippen LogP contribution in [0.1, 0.15) is 58.8 Å². The Balaban J connectivity index is 1.81. The van der Waals surface area contributed by atoms with Crippen molar-refractivity contribution in [2.24, 2.45) is 5.92 Å². The molecule has 0 saturated heterocycles. The molecule has 0 bridgehead atoms. The molecule has 0 saturated carbocycles. The molecule has 2 rings (SSSR count). The predicted molar refractivity (Wildman–Crippen MR) is 159 cm³/mol. The molecule has 4 N–H and O–H groups in total. The molecular weight excluding hydrogens is 541 g/mol. The molecule has 0 fully saturated rings. The van der Waals surface area contributed by atoms with Crippen molar-refractivity contribution in [2.75, 3.05) is 27.2 Å². The molecular formula is C27H44BN9O5. The second-order valence-electron chi connectivity index (χ2n) is 11.0. The highest BCUT2D eigenvalue weighted by Crippen LogP contribution is 2.15. The van der Waals surface area contributed by atoms with Crippen molar-refractivity contribution in [3.05, 3.63) is 18.6 Å². The number of hydrogen-bond donors (Lipinski definition) is 4. The van der Waals surface area contributed by atoms with Gasteiger partial charge in [0.25, 0.3) is 0 Å². The van der Waals surface area contributed by atoms with E-state index in [1.54, 1.807) is 10.9 Å². The van der Waals surface area contributed by atoms with Crippen LogP contribution < -0.4 is 16.0 Å². The minimum Gasteiger partial charge on any atom is -0.479 e. The molecule has 3 amide bonds. The van der Waals surface area contributed by atoms with Gasteiger partial charge in [-0.15, -0.1) is 5.10 Å². The summed E-state index contributed by atoms with van der Waals surface area (Å²) in [7, 11) is 5.32. The molecule has 230 valence electrons. The molecule has 2 aromatic rings. The van der Waals surface area contributed by atoms with E-state index in [-0.39, 0.29) is 36.5 Å². The summed E-state index contributed by atoms with van der Waals surface area (Å²) < 4.78 is 1.70. The van der Waals surface area contributed by atoms with Crippen LogP contribution in [0.25, 0.3) is 11.3 Å². The Morgan fingerprint density at radius 3 is 2.36 bits per heavy atom. The Morgan fingerprint density at radius 2 is 1.71 bits per heavy atom. The fourth-order valence-electron chi connectivity index (χ4n) is 4.15. The van der Waals surface area contributed by atoms with Crippen LogP contribution in [0, 0.1) is 5.92 Å². The number of aryl methyl sites for hydroxylation is 1. The molecule has 0 aliphatic heterocycles. The number of nitrogens with one attached hydrogen (secondary N) is 3. The van der Waals surface area contributed by atoms with Crippen LogP contribution >= 0.6 is 0 Å². The van der Waals surface area contributed by atoms with E-state index in [9.17, 15) is 24.3 Å². The average Bonchev–Trinajstić information content (AvgIpc) is 3.40. The zero-order chi connectivity index (χ0) is 31.1. The largest absolute Gasteiger partial charge is 0.479 e. The highest BCUT2D eigenvalue weighted by atomic mass is 16.3. The lowest BCUT2D eigenvalue weighted by molar-refractivity contribution is -0.133. The van der Waals surface area contributed by atoms with Gasteiger partial charge in [-0.3, -0.25) is 19.1 Å². The van der Waals surface area contributed by atoms with Crippen LogP contribution in [-0.4, -0.2) is 105 Å². The smallest absolute Gasteiger partial charge is 0.313 e. The Morgan fingerprint density at radius 1 is 1.00 bits per heavy atom. The third kappa shape index (κ3) is 12.7. The third-order valence-corrected chi connectivity index (χ3v) is 6.52. The van der Waals surface area contributed by atoms with E-state index >= 15 is 0 Å². The minimum absolute atomic E-state index is 0.0985. The summed E-state index contributed by atoms with van der Waals surface area (Å²) in [6.07, 6.45) is 9.15. The van der Waals surface area contributed by atoms with Crippen molar-refractivity contribution in [1.82, 2.24) is 45.8 Å². The van der Waals surface area contributed by atoms with E-state index in [0.717, 1.165) is 32.2 Å². The van der Waals surface area contributed by atoms with Crippen molar-refractivity contribution in [3.8, 4) is 17.3 Å². The second kappa shape index (κ2) is 17.8. The average molecular weight is 586 g/mol. The second-order valence-corrected chi connectivity index (χ2v) is 11.0. The number of aromatic nitrogens is 5. The topological polar surface area (TPSA) is 184 Å². The van der Waals surface area contributed by atoms with Gasteiger partial charge in [-0.2, -0.15) is 0 Å². The summed E-state index contributed by atoms with van der Waals surface area (Å²) in [6.45, 7) is 5.05. The maximum Gasteiger partial charge on any atom is 0.313 e. The van der Waals surface area contributed by atoms with Gasteiger partial charge in [0.2, 0.25) is 17.7 Å². The number of rotatable bonds is 19. The first kappa shape index (κ1) is 34.3. The van der Waals surface area contributed by atoms with Gasteiger partial charge < -0.3 is 30.8 Å². The van der Waals surface area contributed by atoms with Crippen LogP contribution in [0.5, 0.6) is 6.01 Å². The lowest BCUT2D eigenvalue weighted by Gasteiger charge is -2.25. The summed E-state index contributed by atoms with van der Waals surface area (Å²) in [5, 5.41) is 25.6. The van der Waals surface area contributed by atoms with Crippen molar-refractivity contribution >= 4 is 31.3 Å². The fourth-order valence-corrected chi connectivity index (χ4v) is 4.15. The zero-order valence-electron chi connectivity index (χ0n) is 25.3. The predicted octanol–water partition coefficient (Wildman–Crippen LogP) is -0.365. The molecule has 2 heterocycles. The zero-order valence-corrected chi connectivity index (χ0v) is 25.3. The third-order valence-electron chi connectivity index (χ3n) is 6.52. The first-order valence-corrected chi connectivity index (χ1v) is 14.4. The van der Waals surface area contributed by atoms with Gasteiger partial charge in [0.1, 0.15) is 23.5 Å². The van der Waals surface area contributed by atoms with E-state index in [4.69, 9.17) is 0 Å². The van der Waals surface area contributed by atoms with Gasteiger partial charge >= 0.3 is 6.01 Å². The summed E-state index contributed by atoms with van der Waals surface area (Å²) in [5.74, 6) is -1.25. The SMILES string of the molecule is BC(=O)CNC(=O)[C@H](CCCCN(C)C)NC(=O)[C@@H](NC(=O)CCCCCn1cc(-c2cnc(O)nc2)nn1)C(C)C. The molecule has 0 radical (unpaired) electrons. The molecule has 0 aromatic carbocycles. The lowest BCUT2D eigenvalue weighted by Crippen LogP contribution is -2.55. The summed E-state index contributed by atoms with van der Waals surface area (Å²) in [4.78, 5) is 59.4. The van der Waals surface area contributed by atoms with Crippen LogP contribution in [-0.2, 0) is 25.7 Å². The number of carbonyl (C=O) groups is 4. The highest BCUT2D eigenvalue weighted by Gasteiger charge is 2.28. The normalized spacial score (nSPS) is 12.6. The van der Waals surface area contributed by atoms with E-state index in [0.29, 0.717) is 30.6 Å². The Hall–Kier alpha value is -3.88. The first-order chi connectivity index (χ1) is 20.0. The van der Waals surface area contributed by atoms with E-state index in [2.05, 4.69) is 36.2 Å². The van der Waals surface area contributed by atoms with Crippen molar-refractivity contribution in [1.29, 1.82) is 0 Å². The molecule has 14 nitrogen and oxygen atoms in total. The number of hydrogen-bond acceptors (Lipinski definition) is 10. The lowest BCUT2D eigenvalue weighted by atomic mass is 10.0. The molecule has 0 unspecified atom stereocenters. The van der Waals surface area contributed by atoms with Gasteiger partial charge in [0.15, 0.2) is 7.85 Å². The minimum atomic E-state index is -0.795. The van der Waals surface area contributed by atoms with E-state index in [1.165, 1.54) is 20.2 Å². The highest BCUT2D eigenvalue weighted by molar-refractivity contribution is 6.58. The number of amides is 3. The van der Waals surface area contributed by atoms with Crippen molar-refractivity contribution in [3.63, 3.8) is 0 Å². The van der Waals surface area contributed by atoms with Crippen LogP contribution in [0.2, 0.25) is 0 Å². The quantitative estimate of drug-likeness (QED) is 0.125. The Labute approximate surface area is 247 Å². The maximum atomic E-state index is 13.2. The van der Waals surface area contributed by atoms with Crippen LogP contribution in [0.15, 0.2) is 18.6 Å². The molecule has 0 aliphatic carbocycles. The number of unbranched alkanes of at least 4 members (excludes halogenated alkanes) is 3. The number of nitrogens with zero attached hydrogens (tertiary/aromatic N) is 6. The van der Waals surface area contributed by atoms with Crippen molar-refractivity contribution < 1.29 is 24.3 Å². The summed E-state index contributed by atoms with van der Waals surface area (Å²) in [6, 6.07) is -1.89. The monoisotopic (exact) mass is 585 g/mol. The molecule has 0 aliphatic rings. The van der Waals surface area contributed by atoms with Gasteiger partial charge in [-0.1, -0.05) is 25.5 Å². The van der Waals surface area contributed by atoms with Gasteiger partial charge in [-0.25, -0.2) is 9.97 Å².